The van der Waals surface area contributed by atoms with Crippen molar-refractivity contribution in [3.05, 3.63) is 29.3 Å². The molecule has 2 rings (SSSR count). The summed E-state index contributed by atoms with van der Waals surface area (Å²) >= 11 is 0. The van der Waals surface area contributed by atoms with Crippen molar-refractivity contribution >= 4 is 12.4 Å². The quantitative estimate of drug-likeness (QED) is 0.924. The number of halogens is 1. The summed E-state index contributed by atoms with van der Waals surface area (Å²) in [6, 6.07) is 6.44. The maximum Gasteiger partial charge on any atom is 0.119 e. The third-order valence-electron chi connectivity index (χ3n) is 3.21. The van der Waals surface area contributed by atoms with Crippen LogP contribution in [-0.2, 0) is 13.0 Å². The molecule has 1 aromatic carbocycles. The highest BCUT2D eigenvalue weighted by Gasteiger charge is 2.21. The van der Waals surface area contributed by atoms with Crippen molar-refractivity contribution in [2.24, 2.45) is 5.73 Å². The Hall–Kier alpha value is -0.770. The Labute approximate surface area is 122 Å². The molecule has 1 heterocycles. The van der Waals surface area contributed by atoms with Gasteiger partial charge in [0, 0.05) is 25.2 Å². The first-order valence-corrected chi connectivity index (χ1v) is 6.74. The zero-order valence-corrected chi connectivity index (χ0v) is 12.9. The Morgan fingerprint density at radius 1 is 1.32 bits per heavy atom. The third kappa shape index (κ3) is 4.68. The van der Waals surface area contributed by atoms with Crippen molar-refractivity contribution in [1.82, 2.24) is 4.90 Å². The van der Waals surface area contributed by atoms with Gasteiger partial charge in [-0.2, -0.15) is 0 Å². The average Bonchev–Trinajstić information content (AvgIpc) is 2.27. The van der Waals surface area contributed by atoms with Gasteiger partial charge in [-0.15, -0.1) is 12.4 Å². The van der Waals surface area contributed by atoms with Crippen LogP contribution in [0.15, 0.2) is 18.2 Å². The number of fused-ring (bicyclic) bond motifs is 1. The predicted molar refractivity (Wildman–Crippen MR) is 82.1 cm³/mol. The molecule has 0 aromatic heterocycles. The van der Waals surface area contributed by atoms with Crippen LogP contribution in [0.2, 0.25) is 0 Å². The van der Waals surface area contributed by atoms with E-state index in [1.165, 1.54) is 11.1 Å². The molecule has 0 unspecified atom stereocenters. The van der Waals surface area contributed by atoms with Crippen LogP contribution in [0.4, 0.5) is 0 Å². The topological polar surface area (TPSA) is 38.5 Å². The van der Waals surface area contributed by atoms with Crippen LogP contribution in [0.25, 0.3) is 0 Å². The zero-order valence-electron chi connectivity index (χ0n) is 12.1. The Balaban J connectivity index is 0.00000180. The summed E-state index contributed by atoms with van der Waals surface area (Å²) in [7, 11) is 0. The maximum atomic E-state index is 6.09. The van der Waals surface area contributed by atoms with Crippen molar-refractivity contribution in [3.63, 3.8) is 0 Å². The number of hydrogen-bond acceptors (Lipinski definition) is 3. The SMILES string of the molecule is CCOc1ccc2c(c1)CCN(CC(C)(C)N)C2.Cl. The van der Waals surface area contributed by atoms with E-state index in [9.17, 15) is 0 Å². The second kappa shape index (κ2) is 6.60. The molecule has 0 atom stereocenters. The lowest BCUT2D eigenvalue weighted by atomic mass is 9.97. The molecule has 2 N–H and O–H groups in total. The minimum absolute atomic E-state index is 0. The highest BCUT2D eigenvalue weighted by molar-refractivity contribution is 5.85. The number of rotatable bonds is 4. The molecule has 0 radical (unpaired) electrons. The fraction of sp³-hybridized carbons (Fsp3) is 0.600. The molecule has 0 spiro atoms. The van der Waals surface area contributed by atoms with Crippen molar-refractivity contribution in [2.45, 2.75) is 39.3 Å². The van der Waals surface area contributed by atoms with Crippen molar-refractivity contribution in [2.75, 3.05) is 19.7 Å². The largest absolute Gasteiger partial charge is 0.494 e. The number of nitrogens with two attached hydrogens (primary N) is 1. The van der Waals surface area contributed by atoms with Gasteiger partial charge in [-0.25, -0.2) is 0 Å². The Morgan fingerprint density at radius 3 is 2.68 bits per heavy atom. The summed E-state index contributed by atoms with van der Waals surface area (Å²) in [5, 5.41) is 0. The molecule has 1 aliphatic rings. The summed E-state index contributed by atoms with van der Waals surface area (Å²) < 4.78 is 5.55. The average molecular weight is 285 g/mol. The minimum Gasteiger partial charge on any atom is -0.494 e. The molecule has 0 fully saturated rings. The molecule has 0 amide bonds. The molecule has 1 aromatic rings. The summed E-state index contributed by atoms with van der Waals surface area (Å²) in [5.74, 6) is 0.990. The van der Waals surface area contributed by atoms with Crippen LogP contribution in [-0.4, -0.2) is 30.1 Å². The van der Waals surface area contributed by atoms with E-state index >= 15 is 0 Å². The van der Waals surface area contributed by atoms with E-state index in [0.29, 0.717) is 0 Å². The van der Waals surface area contributed by atoms with E-state index in [1.807, 2.05) is 6.92 Å². The minimum atomic E-state index is -0.122. The highest BCUT2D eigenvalue weighted by atomic mass is 35.5. The number of hydrogen-bond donors (Lipinski definition) is 1. The molecule has 0 saturated heterocycles. The maximum absolute atomic E-state index is 6.09. The van der Waals surface area contributed by atoms with Gasteiger partial charge in [0.05, 0.1) is 6.61 Å². The van der Waals surface area contributed by atoms with Gasteiger partial charge < -0.3 is 10.5 Å². The van der Waals surface area contributed by atoms with Crippen LogP contribution < -0.4 is 10.5 Å². The van der Waals surface area contributed by atoms with E-state index in [4.69, 9.17) is 10.5 Å². The highest BCUT2D eigenvalue weighted by Crippen LogP contribution is 2.24. The van der Waals surface area contributed by atoms with Crippen LogP contribution in [0.1, 0.15) is 31.9 Å². The molecule has 1 aliphatic heterocycles. The summed E-state index contributed by atoms with van der Waals surface area (Å²) in [5.41, 5.74) is 8.80. The Morgan fingerprint density at radius 2 is 2.05 bits per heavy atom. The van der Waals surface area contributed by atoms with Gasteiger partial charge in [0.15, 0.2) is 0 Å². The molecule has 4 heteroatoms. The normalized spacial score (nSPS) is 15.6. The van der Waals surface area contributed by atoms with Gasteiger partial charge in [-0.05, 0) is 50.5 Å². The lowest BCUT2D eigenvalue weighted by molar-refractivity contribution is 0.209. The number of benzene rings is 1. The summed E-state index contributed by atoms with van der Waals surface area (Å²) in [4.78, 5) is 2.43. The number of ether oxygens (including phenoxy) is 1. The van der Waals surface area contributed by atoms with Crippen molar-refractivity contribution in [3.8, 4) is 5.75 Å². The first-order chi connectivity index (χ1) is 8.48. The second-order valence-electron chi connectivity index (χ2n) is 5.81. The van der Waals surface area contributed by atoms with Gasteiger partial charge in [0.25, 0.3) is 0 Å². The predicted octanol–water partition coefficient (Wildman–Crippen LogP) is 2.60. The number of nitrogens with zero attached hydrogens (tertiary/aromatic N) is 1. The summed E-state index contributed by atoms with van der Waals surface area (Å²) in [6.07, 6.45) is 1.09. The van der Waals surface area contributed by atoms with Gasteiger partial charge in [0.1, 0.15) is 5.75 Å². The molecular weight excluding hydrogens is 260 g/mol. The van der Waals surface area contributed by atoms with Crippen LogP contribution in [0, 0.1) is 0 Å². The standard InChI is InChI=1S/C15H24N2O.ClH/c1-4-18-14-6-5-13-10-17(11-15(2,3)16)8-7-12(13)9-14;/h5-6,9H,4,7-8,10-11,16H2,1-3H3;1H. The molecule has 0 saturated carbocycles. The lowest BCUT2D eigenvalue weighted by Gasteiger charge is -2.33. The lowest BCUT2D eigenvalue weighted by Crippen LogP contribution is -2.46. The molecule has 19 heavy (non-hydrogen) atoms. The van der Waals surface area contributed by atoms with Crippen LogP contribution in [0.3, 0.4) is 0 Å². The molecular formula is C15H25ClN2O. The van der Waals surface area contributed by atoms with Crippen molar-refractivity contribution < 1.29 is 4.74 Å². The fourth-order valence-electron chi connectivity index (χ4n) is 2.56. The van der Waals surface area contributed by atoms with Crippen LogP contribution >= 0.6 is 12.4 Å². The van der Waals surface area contributed by atoms with Crippen molar-refractivity contribution in [1.29, 1.82) is 0 Å². The first-order valence-electron chi connectivity index (χ1n) is 6.74. The van der Waals surface area contributed by atoms with Gasteiger partial charge in [0.2, 0.25) is 0 Å². The molecule has 108 valence electrons. The summed E-state index contributed by atoms with van der Waals surface area (Å²) in [6.45, 7) is 9.95. The molecule has 0 aliphatic carbocycles. The van der Waals surface area contributed by atoms with Gasteiger partial charge in [-0.1, -0.05) is 6.07 Å². The second-order valence-corrected chi connectivity index (χ2v) is 5.81. The molecule has 0 bridgehead atoms. The van der Waals surface area contributed by atoms with E-state index in [0.717, 1.165) is 38.4 Å². The van der Waals surface area contributed by atoms with E-state index in [2.05, 4.69) is 36.9 Å². The third-order valence-corrected chi connectivity index (χ3v) is 3.21. The smallest absolute Gasteiger partial charge is 0.119 e. The van der Waals surface area contributed by atoms with E-state index < -0.39 is 0 Å². The van der Waals surface area contributed by atoms with Gasteiger partial charge >= 0.3 is 0 Å². The van der Waals surface area contributed by atoms with E-state index in [-0.39, 0.29) is 17.9 Å². The van der Waals surface area contributed by atoms with E-state index in [1.54, 1.807) is 0 Å². The zero-order chi connectivity index (χ0) is 13.2. The monoisotopic (exact) mass is 284 g/mol. The first kappa shape index (κ1) is 16.3. The fourth-order valence-corrected chi connectivity index (χ4v) is 2.56. The van der Waals surface area contributed by atoms with Crippen LogP contribution in [0.5, 0.6) is 5.75 Å². The molecule has 3 nitrogen and oxygen atoms in total. The Bertz CT molecular complexity index is 415. The Kier molecular flexibility index (Phi) is 5.65. The van der Waals surface area contributed by atoms with Gasteiger partial charge in [-0.3, -0.25) is 4.90 Å².